The molecule has 0 spiro atoms. The number of rotatable bonds is 6. The highest BCUT2D eigenvalue weighted by molar-refractivity contribution is 5.97. The van der Waals surface area contributed by atoms with Crippen LogP contribution in [0, 0.1) is 0 Å². The Kier molecular flexibility index (Phi) is 6.92. The van der Waals surface area contributed by atoms with E-state index >= 15 is 0 Å². The number of carbonyl (C=O) groups is 1. The molecule has 1 amide bonds. The minimum atomic E-state index is -1.40. The summed E-state index contributed by atoms with van der Waals surface area (Å²) in [6.07, 6.45) is -1.15. The van der Waals surface area contributed by atoms with Gasteiger partial charge in [-0.1, -0.05) is 25.5 Å². The number of phenolic OH excluding ortho intramolecular Hbond substituents is 1. The van der Waals surface area contributed by atoms with Gasteiger partial charge in [-0.2, -0.15) is 0 Å². The van der Waals surface area contributed by atoms with Crippen molar-refractivity contribution in [2.75, 3.05) is 6.79 Å². The zero-order valence-corrected chi connectivity index (χ0v) is 16.6. The Hall–Kier alpha value is -1.97. The average molecular weight is 407 g/mol. The smallest absolute Gasteiger partial charge is 0.247 e. The summed E-state index contributed by atoms with van der Waals surface area (Å²) < 4.78 is 10.5. The Morgan fingerprint density at radius 3 is 2.52 bits per heavy atom. The van der Waals surface area contributed by atoms with Crippen LogP contribution in [0.4, 0.5) is 0 Å². The first kappa shape index (κ1) is 21.7. The summed E-state index contributed by atoms with van der Waals surface area (Å²) in [5.74, 6) is -0.321. The first-order chi connectivity index (χ1) is 13.8. The molecule has 3 rings (SSSR count). The number of hydrogen-bond donors (Lipinski definition) is 5. The highest BCUT2D eigenvalue weighted by Gasteiger charge is 2.53. The molecule has 5 N–H and O–H groups in total. The number of nitrogens with one attached hydrogen (secondary N) is 1. The van der Waals surface area contributed by atoms with Gasteiger partial charge >= 0.3 is 0 Å². The molecule has 2 aliphatic rings. The molecule has 8 nitrogen and oxygen atoms in total. The van der Waals surface area contributed by atoms with E-state index in [0.29, 0.717) is 11.1 Å². The van der Waals surface area contributed by atoms with Crippen molar-refractivity contribution in [1.29, 1.82) is 0 Å². The standard InChI is InChI=1S/C21H29NO7/c1-3-4-5-13-7-6-12(9-14(13)23)8-11(2)21(27)22-15-16(24)18(26)20-19(17(15)25)28-10-29-20/h6-9,15-20,23-26H,3-5,10H2,1-2H3,(H,22,27)/b11-8+/t15-,16+,17-,18-,19+,20-/m1/s1. The van der Waals surface area contributed by atoms with Crippen LogP contribution in [0.1, 0.15) is 37.8 Å². The minimum Gasteiger partial charge on any atom is -0.508 e. The number of aliphatic hydroxyl groups is 3. The van der Waals surface area contributed by atoms with Crippen LogP contribution >= 0.6 is 0 Å². The zero-order chi connectivity index (χ0) is 21.1. The molecular weight excluding hydrogens is 378 g/mol. The van der Waals surface area contributed by atoms with Crippen molar-refractivity contribution >= 4 is 12.0 Å². The maximum absolute atomic E-state index is 12.6. The number of aromatic hydroxyl groups is 1. The molecule has 1 saturated carbocycles. The van der Waals surface area contributed by atoms with Crippen LogP contribution in [0.3, 0.4) is 0 Å². The quantitative estimate of drug-likeness (QED) is 0.433. The summed E-state index contributed by atoms with van der Waals surface area (Å²) in [5.41, 5.74) is 1.85. The number of ether oxygens (including phenoxy) is 2. The van der Waals surface area contributed by atoms with E-state index in [1.54, 1.807) is 19.1 Å². The number of amides is 1. The van der Waals surface area contributed by atoms with E-state index in [9.17, 15) is 25.2 Å². The lowest BCUT2D eigenvalue weighted by Crippen LogP contribution is -2.67. The van der Waals surface area contributed by atoms with Crippen molar-refractivity contribution in [1.82, 2.24) is 5.32 Å². The summed E-state index contributed by atoms with van der Waals surface area (Å²) >= 11 is 0. The lowest BCUT2D eigenvalue weighted by atomic mass is 9.83. The molecule has 6 atom stereocenters. The van der Waals surface area contributed by atoms with Gasteiger partial charge in [0.25, 0.3) is 0 Å². The number of fused-ring (bicyclic) bond motifs is 1. The van der Waals surface area contributed by atoms with Gasteiger partial charge in [0.2, 0.25) is 5.91 Å². The number of hydrogen-bond acceptors (Lipinski definition) is 7. The third-order valence-electron chi connectivity index (χ3n) is 5.55. The van der Waals surface area contributed by atoms with Crippen molar-refractivity contribution in [3.05, 3.63) is 34.9 Å². The topological polar surface area (TPSA) is 128 Å². The Balaban J connectivity index is 1.69. The molecule has 0 bridgehead atoms. The second kappa shape index (κ2) is 9.23. The SMILES string of the molecule is CCCCc1ccc(/C=C(\C)C(=O)N[C@@H]2[C@H](O)[C@@H](O)[C@H]3OCO[C@H]3[C@@H]2O)cc1O. The van der Waals surface area contributed by atoms with Crippen molar-refractivity contribution in [2.24, 2.45) is 0 Å². The van der Waals surface area contributed by atoms with E-state index in [0.717, 1.165) is 24.8 Å². The van der Waals surface area contributed by atoms with Gasteiger partial charge < -0.3 is 35.2 Å². The molecule has 1 saturated heterocycles. The van der Waals surface area contributed by atoms with E-state index in [-0.39, 0.29) is 12.5 Å². The number of aliphatic hydroxyl groups excluding tert-OH is 3. The summed E-state index contributed by atoms with van der Waals surface area (Å²) in [4.78, 5) is 12.6. The predicted octanol–water partition coefficient (Wildman–Crippen LogP) is 0.461. The lowest BCUT2D eigenvalue weighted by molar-refractivity contribution is -0.155. The molecule has 2 fully saturated rings. The number of phenols is 1. The zero-order valence-electron chi connectivity index (χ0n) is 16.6. The largest absolute Gasteiger partial charge is 0.508 e. The minimum absolute atomic E-state index is 0.0898. The van der Waals surface area contributed by atoms with Crippen LogP contribution in [-0.4, -0.2) is 69.7 Å². The second-order valence-electron chi connectivity index (χ2n) is 7.67. The van der Waals surface area contributed by atoms with Gasteiger partial charge in [-0.3, -0.25) is 4.79 Å². The van der Waals surface area contributed by atoms with Crippen LogP contribution in [-0.2, 0) is 20.7 Å². The van der Waals surface area contributed by atoms with Crippen LogP contribution in [0.15, 0.2) is 23.8 Å². The highest BCUT2D eigenvalue weighted by atomic mass is 16.7. The Bertz CT molecular complexity index is 765. The molecule has 1 heterocycles. The van der Waals surface area contributed by atoms with Gasteiger partial charge in [0.15, 0.2) is 0 Å². The van der Waals surface area contributed by atoms with Gasteiger partial charge in [-0.05, 0) is 43.0 Å². The van der Waals surface area contributed by atoms with Crippen LogP contribution in [0.5, 0.6) is 5.75 Å². The number of aryl methyl sites for hydroxylation is 1. The first-order valence-corrected chi connectivity index (χ1v) is 9.92. The number of carbonyl (C=O) groups excluding carboxylic acids is 1. The average Bonchev–Trinajstić information content (AvgIpc) is 3.19. The highest BCUT2D eigenvalue weighted by Crippen LogP contribution is 2.30. The van der Waals surface area contributed by atoms with Crippen molar-refractivity contribution < 1.29 is 34.7 Å². The Labute approximate surface area is 169 Å². The summed E-state index contributed by atoms with van der Waals surface area (Å²) in [6, 6.07) is 4.16. The molecule has 0 radical (unpaired) electrons. The Morgan fingerprint density at radius 2 is 1.86 bits per heavy atom. The molecule has 1 aromatic carbocycles. The van der Waals surface area contributed by atoms with E-state index in [2.05, 4.69) is 12.2 Å². The third-order valence-corrected chi connectivity index (χ3v) is 5.55. The molecule has 160 valence electrons. The molecule has 0 aromatic heterocycles. The second-order valence-corrected chi connectivity index (χ2v) is 7.67. The molecule has 1 aliphatic heterocycles. The number of benzene rings is 1. The molecule has 1 aliphatic carbocycles. The maximum atomic E-state index is 12.6. The van der Waals surface area contributed by atoms with E-state index in [4.69, 9.17) is 9.47 Å². The van der Waals surface area contributed by atoms with E-state index in [1.807, 2.05) is 12.1 Å². The van der Waals surface area contributed by atoms with Crippen LogP contribution in [0.25, 0.3) is 6.08 Å². The number of unbranched alkanes of at least 4 members (excludes halogenated alkanes) is 1. The van der Waals surface area contributed by atoms with Crippen LogP contribution in [0.2, 0.25) is 0 Å². The van der Waals surface area contributed by atoms with Gasteiger partial charge in [-0.25, -0.2) is 0 Å². The van der Waals surface area contributed by atoms with E-state index in [1.165, 1.54) is 0 Å². The molecule has 29 heavy (non-hydrogen) atoms. The fraction of sp³-hybridized carbons (Fsp3) is 0.571. The summed E-state index contributed by atoms with van der Waals surface area (Å²) in [6.45, 7) is 3.59. The van der Waals surface area contributed by atoms with Crippen molar-refractivity contribution in [2.45, 2.75) is 69.7 Å². The fourth-order valence-corrected chi connectivity index (χ4v) is 3.79. The predicted molar refractivity (Wildman–Crippen MR) is 105 cm³/mol. The van der Waals surface area contributed by atoms with E-state index < -0.39 is 42.5 Å². The fourth-order valence-electron chi connectivity index (χ4n) is 3.79. The third kappa shape index (κ3) is 4.62. The molecule has 1 aromatic rings. The van der Waals surface area contributed by atoms with Gasteiger partial charge in [-0.15, -0.1) is 0 Å². The van der Waals surface area contributed by atoms with Crippen LogP contribution < -0.4 is 5.32 Å². The van der Waals surface area contributed by atoms with Gasteiger partial charge in [0.1, 0.15) is 43.1 Å². The van der Waals surface area contributed by atoms with Gasteiger partial charge in [0.05, 0.1) is 6.04 Å². The lowest BCUT2D eigenvalue weighted by Gasteiger charge is -2.41. The normalized spacial score (nSPS) is 32.1. The molecule has 0 unspecified atom stereocenters. The van der Waals surface area contributed by atoms with Gasteiger partial charge in [0, 0.05) is 5.57 Å². The summed E-state index contributed by atoms with van der Waals surface area (Å²) in [7, 11) is 0. The van der Waals surface area contributed by atoms with Crippen molar-refractivity contribution in [3.8, 4) is 5.75 Å². The summed E-state index contributed by atoms with van der Waals surface area (Å²) in [5, 5.41) is 43.7. The monoisotopic (exact) mass is 407 g/mol. The first-order valence-electron chi connectivity index (χ1n) is 9.92. The van der Waals surface area contributed by atoms with Crippen molar-refractivity contribution in [3.63, 3.8) is 0 Å². The molecule has 8 heteroatoms. The maximum Gasteiger partial charge on any atom is 0.247 e. The Morgan fingerprint density at radius 1 is 1.17 bits per heavy atom. The molecular formula is C21H29NO7.